The minimum atomic E-state index is 0.197. The molecule has 2 rings (SSSR count). The zero-order chi connectivity index (χ0) is 13.1. The second-order valence-electron chi connectivity index (χ2n) is 5.31. The number of nitrogens with zero attached hydrogens (tertiary/aromatic N) is 1. The number of halogens is 1. The van der Waals surface area contributed by atoms with Crippen molar-refractivity contribution < 1.29 is 4.79 Å². The van der Waals surface area contributed by atoms with E-state index in [0.717, 1.165) is 24.9 Å². The Balaban J connectivity index is 1.86. The first kappa shape index (κ1) is 13.4. The molecule has 98 valence electrons. The molecule has 0 aromatic heterocycles. The largest absolute Gasteiger partial charge is 0.345 e. The van der Waals surface area contributed by atoms with E-state index in [1.165, 1.54) is 5.56 Å². The van der Waals surface area contributed by atoms with Gasteiger partial charge in [-0.2, -0.15) is 0 Å². The predicted molar refractivity (Wildman–Crippen MR) is 74.9 cm³/mol. The highest BCUT2D eigenvalue weighted by Gasteiger charge is 2.29. The summed E-state index contributed by atoms with van der Waals surface area (Å²) in [6.07, 6.45) is 2.59. The van der Waals surface area contributed by atoms with Gasteiger partial charge in [0.1, 0.15) is 0 Å². The highest BCUT2D eigenvalue weighted by molar-refractivity contribution is 6.21. The van der Waals surface area contributed by atoms with Crippen molar-refractivity contribution in [2.75, 3.05) is 13.6 Å². The van der Waals surface area contributed by atoms with Crippen molar-refractivity contribution >= 4 is 17.5 Å². The summed E-state index contributed by atoms with van der Waals surface area (Å²) in [4.78, 5) is 14.0. The molecule has 0 bridgehead atoms. The van der Waals surface area contributed by atoms with Gasteiger partial charge < -0.3 is 4.90 Å². The maximum atomic E-state index is 12.1. The van der Waals surface area contributed by atoms with Gasteiger partial charge in [-0.3, -0.25) is 4.79 Å². The lowest BCUT2D eigenvalue weighted by Gasteiger charge is -2.34. The summed E-state index contributed by atoms with van der Waals surface area (Å²) in [6, 6.07) is 8.06. The van der Waals surface area contributed by atoms with E-state index in [1.807, 2.05) is 43.1 Å². The third-order valence-electron chi connectivity index (χ3n) is 3.74. The molecular weight excluding hydrogens is 246 g/mol. The molecule has 1 aliphatic rings. The van der Waals surface area contributed by atoms with Crippen LogP contribution in [0.3, 0.4) is 0 Å². The van der Waals surface area contributed by atoms with Crippen LogP contribution < -0.4 is 0 Å². The Morgan fingerprint density at radius 2 is 2.06 bits per heavy atom. The maximum absolute atomic E-state index is 12.1. The number of benzene rings is 1. The molecule has 1 aromatic rings. The highest BCUT2D eigenvalue weighted by atomic mass is 35.5. The number of hydrogen-bond donors (Lipinski definition) is 0. The van der Waals surface area contributed by atoms with E-state index in [-0.39, 0.29) is 5.91 Å². The summed E-state index contributed by atoms with van der Waals surface area (Å²) in [5.41, 5.74) is 2.31. The Labute approximate surface area is 114 Å². The van der Waals surface area contributed by atoms with Crippen LogP contribution in [0.15, 0.2) is 24.3 Å². The van der Waals surface area contributed by atoms with Crippen LogP contribution in [0.25, 0.3) is 0 Å². The lowest BCUT2D eigenvalue weighted by molar-refractivity contribution is -0.130. The van der Waals surface area contributed by atoms with Gasteiger partial charge in [0.15, 0.2) is 0 Å². The quantitative estimate of drug-likeness (QED) is 0.767. The van der Waals surface area contributed by atoms with Crippen LogP contribution in [0, 0.1) is 12.8 Å². The number of amides is 1. The smallest absolute Gasteiger partial charge is 0.226 e. The molecule has 0 atom stereocenters. The van der Waals surface area contributed by atoms with Crippen LogP contribution in [0.4, 0.5) is 0 Å². The van der Waals surface area contributed by atoms with Crippen molar-refractivity contribution in [1.82, 2.24) is 4.90 Å². The molecule has 0 radical (unpaired) electrons. The molecule has 0 heterocycles. The minimum absolute atomic E-state index is 0.197. The minimum Gasteiger partial charge on any atom is -0.345 e. The van der Waals surface area contributed by atoms with Gasteiger partial charge in [-0.25, -0.2) is 0 Å². The molecule has 1 fully saturated rings. The first-order chi connectivity index (χ1) is 8.56. The van der Waals surface area contributed by atoms with Crippen molar-refractivity contribution in [2.45, 2.75) is 31.6 Å². The molecule has 0 aliphatic heterocycles. The molecule has 3 heteroatoms. The number of rotatable bonds is 4. The molecule has 0 spiro atoms. The summed E-state index contributed by atoms with van der Waals surface area (Å²) in [7, 11) is 1.89. The van der Waals surface area contributed by atoms with Gasteiger partial charge in [-0.15, -0.1) is 11.6 Å². The highest BCUT2D eigenvalue weighted by Crippen LogP contribution is 2.32. The summed E-state index contributed by atoms with van der Waals surface area (Å²) in [5, 5.41) is 0.329. The number of aryl methyl sites for hydroxylation is 1. The molecule has 1 amide bonds. The van der Waals surface area contributed by atoms with Gasteiger partial charge in [0.25, 0.3) is 0 Å². The van der Waals surface area contributed by atoms with Crippen LogP contribution in [-0.4, -0.2) is 29.8 Å². The van der Waals surface area contributed by atoms with Gasteiger partial charge in [-0.05, 0) is 36.8 Å². The SMILES string of the molecule is Cc1ccccc1CC(=O)N(C)CC1CC(Cl)C1. The molecule has 1 aromatic carbocycles. The Hall–Kier alpha value is -1.02. The number of alkyl halides is 1. The Morgan fingerprint density at radius 1 is 1.39 bits per heavy atom. The van der Waals surface area contributed by atoms with E-state index in [2.05, 4.69) is 0 Å². The van der Waals surface area contributed by atoms with Crippen molar-refractivity contribution in [3.63, 3.8) is 0 Å². The van der Waals surface area contributed by atoms with Crippen LogP contribution in [-0.2, 0) is 11.2 Å². The van der Waals surface area contributed by atoms with Crippen LogP contribution in [0.2, 0.25) is 0 Å². The van der Waals surface area contributed by atoms with Crippen molar-refractivity contribution in [3.05, 3.63) is 35.4 Å². The lowest BCUT2D eigenvalue weighted by atomic mass is 9.84. The molecule has 0 N–H and O–H groups in total. The molecular formula is C15H20ClNO. The first-order valence-electron chi connectivity index (χ1n) is 6.49. The second kappa shape index (κ2) is 5.75. The van der Waals surface area contributed by atoms with Crippen LogP contribution in [0.1, 0.15) is 24.0 Å². The third kappa shape index (κ3) is 3.26. The molecule has 1 saturated carbocycles. The number of likely N-dealkylation sites (N-methyl/N-ethyl adjacent to an activating group) is 1. The Bertz CT molecular complexity index is 426. The first-order valence-corrected chi connectivity index (χ1v) is 6.92. The van der Waals surface area contributed by atoms with E-state index in [0.29, 0.717) is 17.7 Å². The van der Waals surface area contributed by atoms with Gasteiger partial charge in [0.2, 0.25) is 5.91 Å². The van der Waals surface area contributed by atoms with Crippen LogP contribution in [0.5, 0.6) is 0 Å². The summed E-state index contributed by atoms with van der Waals surface area (Å²) >= 11 is 5.95. The molecule has 0 unspecified atom stereocenters. The fourth-order valence-electron chi connectivity index (χ4n) is 2.40. The van der Waals surface area contributed by atoms with Crippen LogP contribution >= 0.6 is 11.6 Å². The lowest BCUT2D eigenvalue weighted by Crippen LogP contribution is -2.38. The van der Waals surface area contributed by atoms with Gasteiger partial charge in [0, 0.05) is 19.0 Å². The third-order valence-corrected chi connectivity index (χ3v) is 4.10. The van der Waals surface area contributed by atoms with E-state index < -0.39 is 0 Å². The molecule has 1 aliphatic carbocycles. The van der Waals surface area contributed by atoms with E-state index in [9.17, 15) is 4.79 Å². The maximum Gasteiger partial charge on any atom is 0.226 e. The molecule has 18 heavy (non-hydrogen) atoms. The van der Waals surface area contributed by atoms with E-state index in [1.54, 1.807) is 0 Å². The average molecular weight is 266 g/mol. The zero-order valence-electron chi connectivity index (χ0n) is 11.0. The van der Waals surface area contributed by atoms with Crippen molar-refractivity contribution in [2.24, 2.45) is 5.92 Å². The van der Waals surface area contributed by atoms with Gasteiger partial charge in [-0.1, -0.05) is 24.3 Å². The van der Waals surface area contributed by atoms with Gasteiger partial charge >= 0.3 is 0 Å². The number of carbonyl (C=O) groups excluding carboxylic acids is 1. The number of hydrogen-bond acceptors (Lipinski definition) is 1. The second-order valence-corrected chi connectivity index (χ2v) is 5.93. The molecule has 0 saturated heterocycles. The normalized spacial score (nSPS) is 22.4. The molecule has 2 nitrogen and oxygen atoms in total. The van der Waals surface area contributed by atoms with Crippen molar-refractivity contribution in [3.8, 4) is 0 Å². The summed E-state index contributed by atoms with van der Waals surface area (Å²) < 4.78 is 0. The van der Waals surface area contributed by atoms with Gasteiger partial charge in [0.05, 0.1) is 6.42 Å². The zero-order valence-corrected chi connectivity index (χ0v) is 11.8. The summed E-state index contributed by atoms with van der Waals surface area (Å²) in [5.74, 6) is 0.792. The fraction of sp³-hybridized carbons (Fsp3) is 0.533. The van der Waals surface area contributed by atoms with Crippen molar-refractivity contribution in [1.29, 1.82) is 0 Å². The summed E-state index contributed by atoms with van der Waals surface area (Å²) in [6.45, 7) is 2.89. The Kier molecular flexibility index (Phi) is 4.28. The fourth-order valence-corrected chi connectivity index (χ4v) is 2.90. The predicted octanol–water partition coefficient (Wildman–Crippen LogP) is 3.01. The average Bonchev–Trinajstić information content (AvgIpc) is 2.30. The monoisotopic (exact) mass is 265 g/mol. The Morgan fingerprint density at radius 3 is 2.67 bits per heavy atom. The van der Waals surface area contributed by atoms with E-state index in [4.69, 9.17) is 11.6 Å². The topological polar surface area (TPSA) is 20.3 Å². The standard InChI is InChI=1S/C15H20ClNO/c1-11-5-3-4-6-13(11)9-15(18)17(2)10-12-7-14(16)8-12/h3-6,12,14H,7-10H2,1-2H3. The number of carbonyl (C=O) groups is 1. The van der Waals surface area contributed by atoms with E-state index >= 15 is 0 Å².